The molecule has 2 nitrogen and oxygen atoms in total. The van der Waals surface area contributed by atoms with Crippen molar-refractivity contribution in [2.75, 3.05) is 7.05 Å². The number of hydrogen-bond donors (Lipinski definition) is 0. The lowest BCUT2D eigenvalue weighted by atomic mass is 9.88. The molecule has 1 aromatic rings. The minimum Gasteiger partial charge on any atom is -0.339 e. The summed E-state index contributed by atoms with van der Waals surface area (Å²) in [6.07, 6.45) is 0.859. The Kier molecular flexibility index (Phi) is 4.33. The van der Waals surface area contributed by atoms with Crippen LogP contribution in [-0.4, -0.2) is 17.9 Å². The lowest BCUT2D eigenvalue weighted by molar-refractivity contribution is -0.141. The van der Waals surface area contributed by atoms with Gasteiger partial charge in [0.25, 0.3) is 0 Å². The van der Waals surface area contributed by atoms with Gasteiger partial charge in [-0.2, -0.15) is 0 Å². The molecule has 0 aliphatic rings. The molecule has 0 spiro atoms. The van der Waals surface area contributed by atoms with Crippen molar-refractivity contribution in [3.05, 3.63) is 35.9 Å². The number of carbonyl (C=O) groups excluding carboxylic acids is 1. The highest BCUT2D eigenvalue weighted by molar-refractivity contribution is 5.82. The van der Waals surface area contributed by atoms with E-state index in [1.165, 1.54) is 5.56 Å². The summed E-state index contributed by atoms with van der Waals surface area (Å²) in [5.74, 6) is 0.205. The molecule has 17 heavy (non-hydrogen) atoms. The Balaban J connectivity index is 2.84. The van der Waals surface area contributed by atoms with E-state index in [4.69, 9.17) is 0 Å². The van der Waals surface area contributed by atoms with E-state index in [1.54, 1.807) is 0 Å². The van der Waals surface area contributed by atoms with Crippen molar-refractivity contribution >= 4 is 5.91 Å². The van der Waals surface area contributed by atoms with E-state index < -0.39 is 0 Å². The smallest absolute Gasteiger partial charge is 0.228 e. The normalized spacial score (nSPS) is 13.2. The van der Waals surface area contributed by atoms with E-state index in [1.807, 2.05) is 44.0 Å². The van der Waals surface area contributed by atoms with Crippen molar-refractivity contribution in [3.63, 3.8) is 0 Å². The first-order chi connectivity index (χ1) is 7.90. The second-order valence-electron chi connectivity index (χ2n) is 5.24. The average Bonchev–Trinajstić information content (AvgIpc) is 2.37. The van der Waals surface area contributed by atoms with Gasteiger partial charge in [-0.25, -0.2) is 0 Å². The molecule has 0 aliphatic carbocycles. The minimum absolute atomic E-state index is 0.120. The second kappa shape index (κ2) is 5.35. The van der Waals surface area contributed by atoms with Crippen molar-refractivity contribution in [2.24, 2.45) is 5.41 Å². The summed E-state index contributed by atoms with van der Waals surface area (Å²) < 4.78 is 0. The number of benzene rings is 1. The molecule has 0 aliphatic heterocycles. The predicted molar refractivity (Wildman–Crippen MR) is 71.7 cm³/mol. The molecule has 0 saturated carbocycles. The largest absolute Gasteiger partial charge is 0.339 e. The van der Waals surface area contributed by atoms with Crippen molar-refractivity contribution in [1.29, 1.82) is 0 Å². The van der Waals surface area contributed by atoms with E-state index in [9.17, 15) is 4.79 Å². The zero-order valence-electron chi connectivity index (χ0n) is 11.5. The molecule has 0 radical (unpaired) electrons. The maximum absolute atomic E-state index is 12.3. The first kappa shape index (κ1) is 13.8. The lowest BCUT2D eigenvalue weighted by Crippen LogP contribution is -2.39. The fraction of sp³-hybridized carbons (Fsp3) is 0.533. The van der Waals surface area contributed by atoms with Gasteiger partial charge in [0.05, 0.1) is 6.04 Å². The summed E-state index contributed by atoms with van der Waals surface area (Å²) in [5.41, 5.74) is 0.896. The Morgan fingerprint density at radius 2 is 1.82 bits per heavy atom. The molecule has 0 bridgehead atoms. The minimum atomic E-state index is -0.280. The van der Waals surface area contributed by atoms with Crippen LogP contribution in [0.4, 0.5) is 0 Å². The van der Waals surface area contributed by atoms with Crippen molar-refractivity contribution < 1.29 is 4.79 Å². The number of amides is 1. The van der Waals surface area contributed by atoms with Gasteiger partial charge in [-0.1, -0.05) is 51.1 Å². The van der Waals surface area contributed by atoms with Gasteiger partial charge >= 0.3 is 0 Å². The van der Waals surface area contributed by atoms with Crippen LogP contribution in [-0.2, 0) is 4.79 Å². The van der Waals surface area contributed by atoms with E-state index in [0.717, 1.165) is 6.42 Å². The van der Waals surface area contributed by atoms with Gasteiger partial charge in [-0.15, -0.1) is 0 Å². The van der Waals surface area contributed by atoms with Gasteiger partial charge in [0.2, 0.25) is 5.91 Å². The molecule has 1 atom stereocenters. The van der Waals surface area contributed by atoms with Crippen LogP contribution in [0, 0.1) is 5.41 Å². The fourth-order valence-corrected chi connectivity index (χ4v) is 1.76. The van der Waals surface area contributed by atoms with Crippen LogP contribution in [0.2, 0.25) is 0 Å². The highest BCUT2D eigenvalue weighted by Gasteiger charge is 2.30. The predicted octanol–water partition coefficient (Wildman–Crippen LogP) is 3.64. The average molecular weight is 233 g/mol. The first-order valence-electron chi connectivity index (χ1n) is 6.22. The summed E-state index contributed by atoms with van der Waals surface area (Å²) in [7, 11) is 1.89. The Morgan fingerprint density at radius 1 is 1.29 bits per heavy atom. The maximum atomic E-state index is 12.3. The van der Waals surface area contributed by atoms with E-state index in [0.29, 0.717) is 0 Å². The summed E-state index contributed by atoms with van der Waals surface area (Å²) in [5, 5.41) is 0. The van der Waals surface area contributed by atoms with Gasteiger partial charge < -0.3 is 4.90 Å². The van der Waals surface area contributed by atoms with Crippen LogP contribution >= 0.6 is 0 Å². The molecule has 1 aromatic carbocycles. The molecule has 94 valence electrons. The quantitative estimate of drug-likeness (QED) is 0.777. The van der Waals surface area contributed by atoms with Gasteiger partial charge in [0, 0.05) is 12.5 Å². The van der Waals surface area contributed by atoms with E-state index in [2.05, 4.69) is 26.0 Å². The highest BCUT2D eigenvalue weighted by Crippen LogP contribution is 2.27. The SMILES string of the molecule is CCC(C)(C)C(=O)N(C)C(C)c1ccccc1. The Hall–Kier alpha value is -1.31. The zero-order valence-corrected chi connectivity index (χ0v) is 11.5. The molecular formula is C15H23NO. The van der Waals surface area contributed by atoms with Crippen molar-refractivity contribution in [3.8, 4) is 0 Å². The summed E-state index contributed by atoms with van der Waals surface area (Å²) in [6, 6.07) is 10.3. The third kappa shape index (κ3) is 3.09. The van der Waals surface area contributed by atoms with Gasteiger partial charge in [0.15, 0.2) is 0 Å². The summed E-state index contributed by atoms with van der Waals surface area (Å²) >= 11 is 0. The number of hydrogen-bond acceptors (Lipinski definition) is 1. The number of carbonyl (C=O) groups is 1. The summed E-state index contributed by atoms with van der Waals surface area (Å²) in [4.78, 5) is 14.2. The van der Waals surface area contributed by atoms with Crippen molar-refractivity contribution in [1.82, 2.24) is 4.90 Å². The molecule has 1 amide bonds. The van der Waals surface area contributed by atoms with Crippen LogP contribution in [0.1, 0.15) is 45.7 Å². The number of rotatable bonds is 4. The molecule has 0 aromatic heterocycles. The molecule has 1 unspecified atom stereocenters. The Labute approximate surface area is 105 Å². The van der Waals surface area contributed by atoms with Crippen LogP contribution in [0.25, 0.3) is 0 Å². The first-order valence-corrected chi connectivity index (χ1v) is 6.22. The molecule has 1 rings (SSSR count). The highest BCUT2D eigenvalue weighted by atomic mass is 16.2. The van der Waals surface area contributed by atoms with Crippen LogP contribution < -0.4 is 0 Å². The standard InChI is InChI=1S/C15H23NO/c1-6-15(3,4)14(17)16(5)12(2)13-10-8-7-9-11-13/h7-12H,6H2,1-5H3. The fourth-order valence-electron chi connectivity index (χ4n) is 1.76. The van der Waals surface area contributed by atoms with Crippen LogP contribution in [0.3, 0.4) is 0 Å². The maximum Gasteiger partial charge on any atom is 0.228 e. The van der Waals surface area contributed by atoms with Crippen LogP contribution in [0.15, 0.2) is 30.3 Å². The topological polar surface area (TPSA) is 20.3 Å². The zero-order chi connectivity index (χ0) is 13.1. The van der Waals surface area contributed by atoms with Gasteiger partial charge in [-0.05, 0) is 18.9 Å². The van der Waals surface area contributed by atoms with Crippen LogP contribution in [0.5, 0.6) is 0 Å². The second-order valence-corrected chi connectivity index (χ2v) is 5.24. The lowest BCUT2D eigenvalue weighted by Gasteiger charge is -2.32. The van der Waals surface area contributed by atoms with Gasteiger partial charge in [0.1, 0.15) is 0 Å². The molecule has 0 heterocycles. The Morgan fingerprint density at radius 3 is 2.29 bits per heavy atom. The third-order valence-electron chi connectivity index (χ3n) is 3.65. The Bertz CT molecular complexity index is 370. The molecule has 0 fully saturated rings. The third-order valence-corrected chi connectivity index (χ3v) is 3.65. The molecule has 0 N–H and O–H groups in total. The van der Waals surface area contributed by atoms with Gasteiger partial charge in [-0.3, -0.25) is 4.79 Å². The van der Waals surface area contributed by atoms with E-state index >= 15 is 0 Å². The molecule has 2 heteroatoms. The van der Waals surface area contributed by atoms with Crippen molar-refractivity contribution in [2.45, 2.75) is 40.2 Å². The summed E-state index contributed by atoms with van der Waals surface area (Å²) in [6.45, 7) is 8.13. The molecule has 0 saturated heterocycles. The number of nitrogens with zero attached hydrogens (tertiary/aromatic N) is 1. The molecular weight excluding hydrogens is 210 g/mol. The van der Waals surface area contributed by atoms with E-state index in [-0.39, 0.29) is 17.4 Å². The monoisotopic (exact) mass is 233 g/mol.